The van der Waals surface area contributed by atoms with Crippen LogP contribution < -0.4 is 0 Å². The molecule has 15 heavy (non-hydrogen) atoms. The van der Waals surface area contributed by atoms with Crippen molar-refractivity contribution >= 4 is 0 Å². The van der Waals surface area contributed by atoms with Gasteiger partial charge >= 0.3 is 0 Å². The highest BCUT2D eigenvalue weighted by atomic mass is 16.5. The fourth-order valence-electron chi connectivity index (χ4n) is 1.89. The summed E-state index contributed by atoms with van der Waals surface area (Å²) in [7, 11) is 0. The van der Waals surface area contributed by atoms with Gasteiger partial charge in [-0.25, -0.2) is 0 Å². The third-order valence-electron chi connectivity index (χ3n) is 2.80. The van der Waals surface area contributed by atoms with Gasteiger partial charge in [0.15, 0.2) is 0 Å². The van der Waals surface area contributed by atoms with Crippen LogP contribution in [0.5, 0.6) is 0 Å². The highest BCUT2D eigenvalue weighted by Gasteiger charge is 2.22. The van der Waals surface area contributed by atoms with Gasteiger partial charge in [-0.3, -0.25) is 0 Å². The third-order valence-corrected chi connectivity index (χ3v) is 2.80. The lowest BCUT2D eigenvalue weighted by Gasteiger charge is -2.29. The molecule has 1 aromatic carbocycles. The molecule has 1 nitrogen and oxygen atoms in total. The van der Waals surface area contributed by atoms with Crippen LogP contribution in [-0.2, 0) is 11.3 Å². The Balaban J connectivity index is 1.71. The van der Waals surface area contributed by atoms with Crippen LogP contribution in [0.2, 0.25) is 0 Å². The molecule has 1 heteroatoms. The number of rotatable bonds is 4. The molecule has 1 aromatic rings. The average molecular weight is 202 g/mol. The van der Waals surface area contributed by atoms with Crippen molar-refractivity contribution in [2.45, 2.75) is 38.9 Å². The maximum atomic E-state index is 5.80. The van der Waals surface area contributed by atoms with Crippen LogP contribution in [0.3, 0.4) is 0 Å². The van der Waals surface area contributed by atoms with E-state index in [2.05, 4.69) is 37.3 Å². The number of ether oxygens (including phenoxy) is 1. The summed E-state index contributed by atoms with van der Waals surface area (Å²) < 4.78 is 5.80. The van der Waals surface area contributed by atoms with E-state index in [1.807, 2.05) is 6.07 Å². The fraction of sp³-hybridized carbons (Fsp3) is 0.429. The van der Waals surface area contributed by atoms with E-state index in [-0.39, 0.29) is 0 Å². The highest BCUT2D eigenvalue weighted by Crippen LogP contribution is 2.30. The van der Waals surface area contributed by atoms with Gasteiger partial charge < -0.3 is 4.74 Å². The molecule has 0 radical (unpaired) electrons. The predicted molar refractivity (Wildman–Crippen MR) is 62.6 cm³/mol. The van der Waals surface area contributed by atoms with Crippen molar-refractivity contribution in [3.63, 3.8) is 0 Å². The van der Waals surface area contributed by atoms with E-state index in [1.165, 1.54) is 5.56 Å². The summed E-state index contributed by atoms with van der Waals surface area (Å²) in [5, 5.41) is 0. The molecular weight excluding hydrogens is 184 g/mol. The predicted octanol–water partition coefficient (Wildman–Crippen LogP) is 3.70. The molecule has 1 fully saturated rings. The second-order valence-electron chi connectivity index (χ2n) is 4.10. The van der Waals surface area contributed by atoms with Crippen LogP contribution >= 0.6 is 0 Å². The van der Waals surface area contributed by atoms with Crippen LogP contribution in [0.25, 0.3) is 0 Å². The average Bonchev–Trinajstić information content (AvgIpc) is 2.23. The van der Waals surface area contributed by atoms with E-state index >= 15 is 0 Å². The van der Waals surface area contributed by atoms with E-state index in [1.54, 1.807) is 5.57 Å². The lowest BCUT2D eigenvalue weighted by Crippen LogP contribution is -2.24. The van der Waals surface area contributed by atoms with Gasteiger partial charge in [-0.2, -0.15) is 0 Å². The molecule has 80 valence electrons. The van der Waals surface area contributed by atoms with E-state index < -0.39 is 0 Å². The number of benzene rings is 1. The van der Waals surface area contributed by atoms with Crippen molar-refractivity contribution in [3.05, 3.63) is 47.5 Å². The summed E-state index contributed by atoms with van der Waals surface area (Å²) >= 11 is 0. The molecule has 0 aliphatic heterocycles. The monoisotopic (exact) mass is 202 g/mol. The SMILES string of the molecule is CCC=C1CC(OCc2ccccc2)C1. The normalized spacial score (nSPS) is 19.8. The molecule has 0 heterocycles. The first kappa shape index (κ1) is 10.4. The van der Waals surface area contributed by atoms with Gasteiger partial charge in [0.05, 0.1) is 12.7 Å². The lowest BCUT2D eigenvalue weighted by molar-refractivity contribution is 0.0162. The van der Waals surface area contributed by atoms with E-state index in [4.69, 9.17) is 4.74 Å². The smallest absolute Gasteiger partial charge is 0.0720 e. The minimum Gasteiger partial charge on any atom is -0.373 e. The van der Waals surface area contributed by atoms with Crippen molar-refractivity contribution in [1.82, 2.24) is 0 Å². The molecule has 0 N–H and O–H groups in total. The number of allylic oxidation sites excluding steroid dienone is 1. The first-order chi connectivity index (χ1) is 7.38. The molecule has 1 saturated carbocycles. The zero-order chi connectivity index (χ0) is 10.5. The summed E-state index contributed by atoms with van der Waals surface area (Å²) in [5.74, 6) is 0. The Kier molecular flexibility index (Phi) is 3.57. The Morgan fingerprint density at radius 2 is 2.00 bits per heavy atom. The fourth-order valence-corrected chi connectivity index (χ4v) is 1.89. The number of hydrogen-bond acceptors (Lipinski definition) is 1. The zero-order valence-electron chi connectivity index (χ0n) is 9.28. The molecule has 2 rings (SSSR count). The van der Waals surface area contributed by atoms with Crippen LogP contribution in [0.15, 0.2) is 42.0 Å². The Hall–Kier alpha value is -1.08. The molecule has 1 aliphatic carbocycles. The molecule has 0 spiro atoms. The minimum atomic E-state index is 0.461. The molecule has 0 bridgehead atoms. The van der Waals surface area contributed by atoms with E-state index in [9.17, 15) is 0 Å². The second kappa shape index (κ2) is 5.13. The second-order valence-corrected chi connectivity index (χ2v) is 4.10. The zero-order valence-corrected chi connectivity index (χ0v) is 9.28. The Morgan fingerprint density at radius 1 is 1.27 bits per heavy atom. The lowest BCUT2D eigenvalue weighted by atomic mass is 9.88. The maximum Gasteiger partial charge on any atom is 0.0720 e. The van der Waals surface area contributed by atoms with Crippen molar-refractivity contribution in [2.24, 2.45) is 0 Å². The van der Waals surface area contributed by atoms with Gasteiger partial charge in [-0.15, -0.1) is 0 Å². The minimum absolute atomic E-state index is 0.461. The van der Waals surface area contributed by atoms with Crippen molar-refractivity contribution in [2.75, 3.05) is 0 Å². The van der Waals surface area contributed by atoms with Gasteiger partial charge in [-0.05, 0) is 24.8 Å². The third kappa shape index (κ3) is 2.93. The molecule has 0 aromatic heterocycles. The molecular formula is C14H18O. The van der Waals surface area contributed by atoms with Crippen LogP contribution in [-0.4, -0.2) is 6.10 Å². The number of hydrogen-bond donors (Lipinski definition) is 0. The van der Waals surface area contributed by atoms with Crippen molar-refractivity contribution in [1.29, 1.82) is 0 Å². The van der Waals surface area contributed by atoms with Gasteiger partial charge in [0, 0.05) is 0 Å². The van der Waals surface area contributed by atoms with Gasteiger partial charge in [0.25, 0.3) is 0 Å². The summed E-state index contributed by atoms with van der Waals surface area (Å²) in [6.45, 7) is 2.94. The summed E-state index contributed by atoms with van der Waals surface area (Å²) in [6.07, 6.45) is 6.22. The maximum absolute atomic E-state index is 5.80. The van der Waals surface area contributed by atoms with Gasteiger partial charge in [-0.1, -0.05) is 48.9 Å². The Labute approximate surface area is 91.8 Å². The van der Waals surface area contributed by atoms with Crippen LogP contribution in [0.1, 0.15) is 31.7 Å². The Morgan fingerprint density at radius 3 is 2.67 bits per heavy atom. The van der Waals surface area contributed by atoms with Crippen LogP contribution in [0, 0.1) is 0 Å². The first-order valence-electron chi connectivity index (χ1n) is 5.72. The summed E-state index contributed by atoms with van der Waals surface area (Å²) in [4.78, 5) is 0. The van der Waals surface area contributed by atoms with E-state index in [0.29, 0.717) is 6.10 Å². The van der Waals surface area contributed by atoms with Crippen molar-refractivity contribution in [3.8, 4) is 0 Å². The molecule has 1 aliphatic rings. The van der Waals surface area contributed by atoms with Gasteiger partial charge in [0.2, 0.25) is 0 Å². The highest BCUT2D eigenvalue weighted by molar-refractivity contribution is 5.16. The standard InChI is InChI=1S/C14H18O/c1-2-6-13-9-14(10-13)15-11-12-7-4-3-5-8-12/h3-8,14H,2,9-11H2,1H3. The molecule has 0 atom stereocenters. The molecule has 0 amide bonds. The van der Waals surface area contributed by atoms with Crippen molar-refractivity contribution < 1.29 is 4.74 Å². The summed E-state index contributed by atoms with van der Waals surface area (Å²) in [6, 6.07) is 10.4. The van der Waals surface area contributed by atoms with E-state index in [0.717, 1.165) is 25.9 Å². The summed E-state index contributed by atoms with van der Waals surface area (Å²) in [5.41, 5.74) is 2.83. The Bertz CT molecular complexity index is 318. The first-order valence-corrected chi connectivity index (χ1v) is 5.72. The topological polar surface area (TPSA) is 9.23 Å². The molecule has 0 saturated heterocycles. The van der Waals surface area contributed by atoms with Gasteiger partial charge in [0.1, 0.15) is 0 Å². The van der Waals surface area contributed by atoms with Crippen LogP contribution in [0.4, 0.5) is 0 Å². The quantitative estimate of drug-likeness (QED) is 0.676. The molecule has 0 unspecified atom stereocenters. The largest absolute Gasteiger partial charge is 0.373 e.